The lowest BCUT2D eigenvalue weighted by molar-refractivity contribution is -0.0705. The zero-order valence-electron chi connectivity index (χ0n) is 11.9. The molecule has 4 heterocycles. The Bertz CT molecular complexity index is 626. The fourth-order valence-electron chi connectivity index (χ4n) is 3.12. The fourth-order valence-corrected chi connectivity index (χ4v) is 3.78. The van der Waals surface area contributed by atoms with Crippen LogP contribution in [0.15, 0.2) is 11.6 Å². The van der Waals surface area contributed by atoms with Crippen molar-refractivity contribution in [3.8, 4) is 0 Å². The molecule has 0 amide bonds. The van der Waals surface area contributed by atoms with Gasteiger partial charge in [0.15, 0.2) is 5.13 Å². The highest BCUT2D eigenvalue weighted by Crippen LogP contribution is 2.31. The Morgan fingerprint density at radius 1 is 1.52 bits per heavy atom. The van der Waals surface area contributed by atoms with Crippen LogP contribution >= 0.6 is 11.3 Å². The monoisotopic (exact) mass is 306 g/mol. The number of ether oxygens (including phenoxy) is 1. The average Bonchev–Trinajstić information content (AvgIpc) is 3.15. The number of anilines is 1. The van der Waals surface area contributed by atoms with Gasteiger partial charge in [0, 0.05) is 32.1 Å². The second-order valence-electron chi connectivity index (χ2n) is 5.50. The van der Waals surface area contributed by atoms with Gasteiger partial charge in [-0.05, 0) is 6.42 Å². The summed E-state index contributed by atoms with van der Waals surface area (Å²) >= 11 is 1.65. The number of hydrogen-bond donors (Lipinski definition) is 1. The number of aromatic nitrogens is 4. The SMILES string of the molecule is CNc1nc(CN2CC[C@H]3[C@H](C2)OCc2cnnn23)cs1. The maximum Gasteiger partial charge on any atom is 0.182 e. The minimum Gasteiger partial charge on any atom is -0.368 e. The minimum absolute atomic E-state index is 0.204. The Kier molecular flexibility index (Phi) is 3.36. The van der Waals surface area contributed by atoms with Gasteiger partial charge in [-0.15, -0.1) is 16.4 Å². The summed E-state index contributed by atoms with van der Waals surface area (Å²) in [7, 11) is 1.90. The highest BCUT2D eigenvalue weighted by Gasteiger charge is 2.36. The Balaban J connectivity index is 1.43. The van der Waals surface area contributed by atoms with Crippen LogP contribution in [0.1, 0.15) is 23.9 Å². The maximum atomic E-state index is 5.99. The van der Waals surface area contributed by atoms with Crippen molar-refractivity contribution in [2.24, 2.45) is 0 Å². The lowest BCUT2D eigenvalue weighted by Gasteiger charge is -2.40. The number of rotatable bonds is 3. The third kappa shape index (κ3) is 2.43. The minimum atomic E-state index is 0.204. The number of piperidine rings is 1. The summed E-state index contributed by atoms with van der Waals surface area (Å²) in [6.07, 6.45) is 3.05. The molecule has 0 aromatic carbocycles. The maximum absolute atomic E-state index is 5.99. The van der Waals surface area contributed by atoms with Crippen LogP contribution in [-0.4, -0.2) is 51.1 Å². The average molecular weight is 306 g/mol. The van der Waals surface area contributed by atoms with Crippen molar-refractivity contribution >= 4 is 16.5 Å². The van der Waals surface area contributed by atoms with E-state index in [9.17, 15) is 0 Å². The van der Waals surface area contributed by atoms with Crippen LogP contribution in [0.4, 0.5) is 5.13 Å². The first-order valence-corrected chi connectivity index (χ1v) is 8.06. The van der Waals surface area contributed by atoms with Crippen molar-refractivity contribution < 1.29 is 4.74 Å². The number of hydrogen-bond acceptors (Lipinski definition) is 7. The van der Waals surface area contributed by atoms with Gasteiger partial charge in [0.2, 0.25) is 0 Å². The predicted molar refractivity (Wildman–Crippen MR) is 79.2 cm³/mol. The van der Waals surface area contributed by atoms with Gasteiger partial charge < -0.3 is 10.1 Å². The van der Waals surface area contributed by atoms with E-state index in [0.717, 1.165) is 42.6 Å². The van der Waals surface area contributed by atoms with Gasteiger partial charge in [-0.3, -0.25) is 4.90 Å². The summed E-state index contributed by atoms with van der Waals surface area (Å²) in [5.74, 6) is 0. The van der Waals surface area contributed by atoms with Gasteiger partial charge in [0.1, 0.15) is 0 Å². The number of likely N-dealkylation sites (tertiary alicyclic amines) is 1. The first kappa shape index (κ1) is 13.2. The zero-order valence-corrected chi connectivity index (χ0v) is 12.7. The number of nitrogens with one attached hydrogen (secondary N) is 1. The molecule has 0 bridgehead atoms. The van der Waals surface area contributed by atoms with E-state index in [0.29, 0.717) is 12.6 Å². The van der Waals surface area contributed by atoms with Crippen molar-refractivity contribution in [1.82, 2.24) is 24.9 Å². The van der Waals surface area contributed by atoms with Gasteiger partial charge in [0.05, 0.1) is 36.3 Å². The topological polar surface area (TPSA) is 68.1 Å². The first-order chi connectivity index (χ1) is 10.3. The Labute approximate surface area is 126 Å². The van der Waals surface area contributed by atoms with Gasteiger partial charge >= 0.3 is 0 Å². The van der Waals surface area contributed by atoms with Crippen molar-refractivity contribution in [3.05, 3.63) is 23.0 Å². The summed E-state index contributed by atoms with van der Waals surface area (Å²) in [6, 6.07) is 0.329. The number of nitrogens with zero attached hydrogens (tertiary/aromatic N) is 5. The summed E-state index contributed by atoms with van der Waals surface area (Å²) in [6.45, 7) is 3.46. The third-order valence-electron chi connectivity index (χ3n) is 4.17. The Morgan fingerprint density at radius 3 is 3.33 bits per heavy atom. The van der Waals surface area contributed by atoms with E-state index in [1.54, 1.807) is 17.5 Å². The molecule has 2 aliphatic rings. The molecule has 7 nitrogen and oxygen atoms in total. The predicted octanol–water partition coefficient (Wildman–Crippen LogP) is 1.12. The van der Waals surface area contributed by atoms with E-state index >= 15 is 0 Å². The zero-order chi connectivity index (χ0) is 14.2. The molecule has 1 fully saturated rings. The molecule has 2 aromatic heterocycles. The van der Waals surface area contributed by atoms with Crippen molar-refractivity contribution in [2.45, 2.75) is 31.7 Å². The molecule has 0 radical (unpaired) electrons. The molecule has 2 atom stereocenters. The summed E-state index contributed by atoms with van der Waals surface area (Å²) < 4.78 is 8.04. The van der Waals surface area contributed by atoms with E-state index in [-0.39, 0.29) is 6.10 Å². The van der Waals surface area contributed by atoms with E-state index in [1.165, 1.54) is 0 Å². The molecule has 1 N–H and O–H groups in total. The van der Waals surface area contributed by atoms with Crippen molar-refractivity contribution in [1.29, 1.82) is 0 Å². The van der Waals surface area contributed by atoms with Crippen molar-refractivity contribution in [2.75, 3.05) is 25.5 Å². The second-order valence-corrected chi connectivity index (χ2v) is 6.36. The normalized spacial score (nSPS) is 25.4. The lowest BCUT2D eigenvalue weighted by Crippen LogP contribution is -2.48. The summed E-state index contributed by atoms with van der Waals surface area (Å²) in [5.41, 5.74) is 2.21. The third-order valence-corrected chi connectivity index (χ3v) is 5.08. The van der Waals surface area contributed by atoms with Gasteiger partial charge in [0.25, 0.3) is 0 Å². The second kappa shape index (κ2) is 5.36. The quantitative estimate of drug-likeness (QED) is 0.916. The Hall–Kier alpha value is -1.51. The number of fused-ring (bicyclic) bond motifs is 3. The van der Waals surface area contributed by atoms with Crippen LogP contribution in [-0.2, 0) is 17.9 Å². The number of thiazole rings is 1. The highest BCUT2D eigenvalue weighted by molar-refractivity contribution is 7.13. The van der Waals surface area contributed by atoms with E-state index in [4.69, 9.17) is 4.74 Å². The van der Waals surface area contributed by atoms with E-state index in [2.05, 4.69) is 30.9 Å². The molecule has 0 unspecified atom stereocenters. The molecule has 8 heteroatoms. The molecule has 112 valence electrons. The van der Waals surface area contributed by atoms with Crippen LogP contribution in [0.2, 0.25) is 0 Å². The largest absolute Gasteiger partial charge is 0.368 e. The lowest BCUT2D eigenvalue weighted by atomic mass is 10.00. The molecular formula is C13H18N6OS. The molecule has 0 saturated carbocycles. The molecule has 0 aliphatic carbocycles. The van der Waals surface area contributed by atoms with E-state index in [1.807, 2.05) is 11.7 Å². The van der Waals surface area contributed by atoms with Gasteiger partial charge in [-0.2, -0.15) is 0 Å². The smallest absolute Gasteiger partial charge is 0.182 e. The standard InChI is InChI=1S/C13H18N6OS/c1-14-13-16-9(8-21-13)5-18-3-2-11-12(6-18)20-7-10-4-15-17-19(10)11/h4,8,11-12H,2-3,5-7H2,1H3,(H,14,16)/t11-,12-/m0/s1. The highest BCUT2D eigenvalue weighted by atomic mass is 32.1. The van der Waals surface area contributed by atoms with Crippen LogP contribution in [0.25, 0.3) is 0 Å². The molecule has 1 saturated heterocycles. The van der Waals surface area contributed by atoms with Crippen LogP contribution < -0.4 is 5.32 Å². The summed E-state index contributed by atoms with van der Waals surface area (Å²) in [4.78, 5) is 6.97. The molecule has 21 heavy (non-hydrogen) atoms. The molecule has 0 spiro atoms. The molecule has 4 rings (SSSR count). The molecule has 2 aromatic rings. The van der Waals surface area contributed by atoms with Crippen molar-refractivity contribution in [3.63, 3.8) is 0 Å². The molecule has 2 aliphatic heterocycles. The Morgan fingerprint density at radius 2 is 2.48 bits per heavy atom. The van der Waals surface area contributed by atoms with Crippen LogP contribution in [0.5, 0.6) is 0 Å². The van der Waals surface area contributed by atoms with Crippen LogP contribution in [0.3, 0.4) is 0 Å². The van der Waals surface area contributed by atoms with Crippen LogP contribution in [0, 0.1) is 0 Å². The first-order valence-electron chi connectivity index (χ1n) is 7.18. The fraction of sp³-hybridized carbons (Fsp3) is 0.615. The van der Waals surface area contributed by atoms with E-state index < -0.39 is 0 Å². The summed E-state index contributed by atoms with van der Waals surface area (Å²) in [5, 5.41) is 14.4. The molecular weight excluding hydrogens is 288 g/mol. The van der Waals surface area contributed by atoms with Gasteiger partial charge in [-0.25, -0.2) is 9.67 Å². The van der Waals surface area contributed by atoms with Gasteiger partial charge in [-0.1, -0.05) is 5.21 Å².